The molecular formula is C19H16ClN5OS. The van der Waals surface area contributed by atoms with Crippen molar-refractivity contribution >= 4 is 29.0 Å². The second-order valence-electron chi connectivity index (χ2n) is 6.15. The lowest BCUT2D eigenvalue weighted by Crippen LogP contribution is -2.17. The van der Waals surface area contributed by atoms with Gasteiger partial charge in [-0.25, -0.2) is 4.98 Å². The highest BCUT2D eigenvalue weighted by molar-refractivity contribution is 7.98. The summed E-state index contributed by atoms with van der Waals surface area (Å²) in [6.45, 7) is 3.85. The molecule has 136 valence electrons. The number of aromatic nitrogens is 5. The van der Waals surface area contributed by atoms with Crippen LogP contribution in [0.25, 0.3) is 11.3 Å². The van der Waals surface area contributed by atoms with Crippen molar-refractivity contribution in [1.82, 2.24) is 24.1 Å². The second kappa shape index (κ2) is 7.17. The van der Waals surface area contributed by atoms with Crippen molar-refractivity contribution in [3.05, 3.63) is 81.1 Å². The molecule has 0 spiro atoms. The van der Waals surface area contributed by atoms with Crippen LogP contribution >= 0.6 is 23.4 Å². The number of hydrogen-bond acceptors (Lipinski definition) is 5. The molecule has 1 aromatic carbocycles. The van der Waals surface area contributed by atoms with Crippen LogP contribution in [-0.2, 0) is 5.75 Å². The zero-order valence-electron chi connectivity index (χ0n) is 14.8. The number of aryl methyl sites for hydroxylation is 2. The third-order valence-electron chi connectivity index (χ3n) is 4.23. The molecule has 4 rings (SSSR count). The van der Waals surface area contributed by atoms with Crippen molar-refractivity contribution in [2.24, 2.45) is 0 Å². The maximum absolute atomic E-state index is 12.4. The van der Waals surface area contributed by atoms with Gasteiger partial charge in [0.05, 0.1) is 11.4 Å². The normalized spacial score (nSPS) is 11.2. The molecule has 3 aromatic heterocycles. The first kappa shape index (κ1) is 17.8. The fraction of sp³-hybridized carbons (Fsp3) is 0.158. The van der Waals surface area contributed by atoms with Gasteiger partial charge in [-0.1, -0.05) is 35.5 Å². The van der Waals surface area contributed by atoms with Gasteiger partial charge in [0.15, 0.2) is 5.16 Å². The van der Waals surface area contributed by atoms with Crippen LogP contribution in [0, 0.1) is 13.8 Å². The number of halogens is 1. The molecule has 3 heterocycles. The van der Waals surface area contributed by atoms with Crippen LogP contribution < -0.4 is 5.56 Å². The molecule has 0 aliphatic heterocycles. The average molecular weight is 398 g/mol. The lowest BCUT2D eigenvalue weighted by Gasteiger charge is -2.08. The van der Waals surface area contributed by atoms with E-state index in [-0.39, 0.29) is 5.56 Å². The Kier molecular flexibility index (Phi) is 4.72. The highest BCUT2D eigenvalue weighted by Crippen LogP contribution is 2.25. The average Bonchev–Trinajstić information content (AvgIpc) is 3.11. The van der Waals surface area contributed by atoms with Gasteiger partial charge in [0.1, 0.15) is 12.0 Å². The zero-order chi connectivity index (χ0) is 19.0. The van der Waals surface area contributed by atoms with E-state index >= 15 is 0 Å². The van der Waals surface area contributed by atoms with Crippen molar-refractivity contribution < 1.29 is 0 Å². The molecule has 0 radical (unpaired) electrons. The number of hydrogen-bond donors (Lipinski definition) is 0. The minimum Gasteiger partial charge on any atom is -0.277 e. The van der Waals surface area contributed by atoms with Crippen LogP contribution in [-0.4, -0.2) is 24.1 Å². The van der Waals surface area contributed by atoms with E-state index in [0.717, 1.165) is 16.9 Å². The number of thioether (sulfide) groups is 1. The van der Waals surface area contributed by atoms with Gasteiger partial charge in [-0.15, -0.1) is 10.2 Å². The third kappa shape index (κ3) is 3.48. The third-order valence-corrected chi connectivity index (χ3v) is 5.62. The van der Waals surface area contributed by atoms with Gasteiger partial charge in [0.25, 0.3) is 5.56 Å². The van der Waals surface area contributed by atoms with Gasteiger partial charge in [0.2, 0.25) is 0 Å². The van der Waals surface area contributed by atoms with Crippen LogP contribution in [0.4, 0.5) is 0 Å². The predicted octanol–water partition coefficient (Wildman–Crippen LogP) is 3.84. The molecule has 27 heavy (non-hydrogen) atoms. The maximum atomic E-state index is 12.4. The molecule has 0 atom stereocenters. The van der Waals surface area contributed by atoms with Gasteiger partial charge in [-0.2, -0.15) is 0 Å². The highest BCUT2D eigenvalue weighted by Gasteiger charge is 2.11. The highest BCUT2D eigenvalue weighted by atomic mass is 35.5. The Morgan fingerprint density at radius 2 is 2.00 bits per heavy atom. The number of nitrogens with zero attached hydrogens (tertiary/aromatic N) is 5. The summed E-state index contributed by atoms with van der Waals surface area (Å²) in [5.41, 5.74) is 4.02. The minimum atomic E-state index is -0.0829. The fourth-order valence-electron chi connectivity index (χ4n) is 2.81. The summed E-state index contributed by atoms with van der Waals surface area (Å²) >= 11 is 7.70. The lowest BCUT2D eigenvalue weighted by atomic mass is 10.2. The van der Waals surface area contributed by atoms with E-state index in [9.17, 15) is 4.79 Å². The summed E-state index contributed by atoms with van der Waals surface area (Å²) in [6, 6.07) is 13.0. The minimum absolute atomic E-state index is 0.0829. The smallest absolute Gasteiger partial charge is 0.258 e. The van der Waals surface area contributed by atoms with Gasteiger partial charge < -0.3 is 0 Å². The lowest BCUT2D eigenvalue weighted by molar-refractivity contribution is 0.881. The van der Waals surface area contributed by atoms with E-state index in [1.54, 1.807) is 16.8 Å². The van der Waals surface area contributed by atoms with E-state index < -0.39 is 0 Å². The summed E-state index contributed by atoms with van der Waals surface area (Å²) in [5, 5.41) is 9.59. The SMILES string of the molecule is Cc1ccc(-n2cnnc2SCc2cc(=O)n3c(C)cccc3n2)cc1Cl. The summed E-state index contributed by atoms with van der Waals surface area (Å²) in [4.78, 5) is 17.0. The number of rotatable bonds is 4. The molecule has 0 fully saturated rings. The Balaban J connectivity index is 1.62. The summed E-state index contributed by atoms with van der Waals surface area (Å²) < 4.78 is 3.47. The number of fused-ring (bicyclic) bond motifs is 1. The molecule has 0 saturated carbocycles. The van der Waals surface area contributed by atoms with Gasteiger partial charge in [0, 0.05) is 22.5 Å². The quantitative estimate of drug-likeness (QED) is 0.489. The second-order valence-corrected chi connectivity index (χ2v) is 7.50. The van der Waals surface area contributed by atoms with Crippen LogP contribution in [0.1, 0.15) is 17.0 Å². The number of pyridine rings is 1. The zero-order valence-corrected chi connectivity index (χ0v) is 16.3. The first-order valence-corrected chi connectivity index (χ1v) is 9.67. The van der Waals surface area contributed by atoms with E-state index in [0.29, 0.717) is 27.3 Å². The van der Waals surface area contributed by atoms with Crippen LogP contribution in [0.5, 0.6) is 0 Å². The monoisotopic (exact) mass is 397 g/mol. The fourth-order valence-corrected chi connectivity index (χ4v) is 3.80. The van der Waals surface area contributed by atoms with Crippen LogP contribution in [0.2, 0.25) is 5.02 Å². The Morgan fingerprint density at radius 1 is 1.15 bits per heavy atom. The Bertz CT molecular complexity index is 1200. The van der Waals surface area contributed by atoms with Crippen LogP contribution in [0.3, 0.4) is 0 Å². The first-order chi connectivity index (χ1) is 13.0. The maximum Gasteiger partial charge on any atom is 0.258 e. The Labute approximate surface area is 164 Å². The van der Waals surface area contributed by atoms with Crippen molar-refractivity contribution in [1.29, 1.82) is 0 Å². The molecule has 8 heteroatoms. The summed E-state index contributed by atoms with van der Waals surface area (Å²) in [5.74, 6) is 0.512. The summed E-state index contributed by atoms with van der Waals surface area (Å²) in [6.07, 6.45) is 1.65. The van der Waals surface area contributed by atoms with Gasteiger partial charge in [-0.05, 0) is 43.7 Å². The van der Waals surface area contributed by atoms with E-state index in [4.69, 9.17) is 11.6 Å². The number of benzene rings is 1. The Morgan fingerprint density at radius 3 is 2.81 bits per heavy atom. The van der Waals surface area contributed by atoms with Crippen molar-refractivity contribution in [2.45, 2.75) is 24.8 Å². The molecule has 4 aromatic rings. The molecule has 0 saturated heterocycles. The van der Waals surface area contributed by atoms with Crippen molar-refractivity contribution in [3.63, 3.8) is 0 Å². The topological polar surface area (TPSA) is 65.1 Å². The molecular weight excluding hydrogens is 382 g/mol. The molecule has 0 unspecified atom stereocenters. The molecule has 0 aliphatic rings. The van der Waals surface area contributed by atoms with Crippen molar-refractivity contribution in [2.75, 3.05) is 0 Å². The predicted molar refractivity (Wildman–Crippen MR) is 107 cm³/mol. The molecule has 0 bridgehead atoms. The van der Waals surface area contributed by atoms with Gasteiger partial charge in [-0.3, -0.25) is 13.8 Å². The summed E-state index contributed by atoms with van der Waals surface area (Å²) in [7, 11) is 0. The Hall–Kier alpha value is -2.64. The van der Waals surface area contributed by atoms with E-state index in [1.165, 1.54) is 11.8 Å². The van der Waals surface area contributed by atoms with Crippen LogP contribution in [0.15, 0.2) is 58.7 Å². The molecule has 0 N–H and O–H groups in total. The largest absolute Gasteiger partial charge is 0.277 e. The first-order valence-electron chi connectivity index (χ1n) is 8.30. The standard InChI is InChI=1S/C19H16ClN5OS/c1-12-6-7-15(9-16(12)20)24-11-21-23-19(24)27-10-14-8-18(26)25-13(2)4-3-5-17(25)22-14/h3-9,11H,10H2,1-2H3. The van der Waals surface area contributed by atoms with Crippen molar-refractivity contribution in [3.8, 4) is 5.69 Å². The van der Waals surface area contributed by atoms with E-state index in [2.05, 4.69) is 15.2 Å². The van der Waals surface area contributed by atoms with E-state index in [1.807, 2.05) is 54.8 Å². The molecule has 0 amide bonds. The van der Waals surface area contributed by atoms with Gasteiger partial charge >= 0.3 is 0 Å². The molecule has 6 nitrogen and oxygen atoms in total. The molecule has 0 aliphatic carbocycles.